The lowest BCUT2D eigenvalue weighted by molar-refractivity contribution is 0.0376. The van der Waals surface area contributed by atoms with Gasteiger partial charge in [-0.2, -0.15) is 0 Å². The molecule has 0 unspecified atom stereocenters. The number of sulfonamides is 1. The molecule has 0 radical (unpaired) electrons. The molecule has 0 bridgehead atoms. The van der Waals surface area contributed by atoms with Crippen LogP contribution in [0.2, 0.25) is 0 Å². The fourth-order valence-electron chi connectivity index (χ4n) is 2.98. The number of rotatable bonds is 8. The molecular weight excluding hydrogens is 397 g/mol. The molecule has 1 aliphatic rings. The normalized spacial score (nSPS) is 15.2. The van der Waals surface area contributed by atoms with E-state index in [1.54, 1.807) is 6.07 Å². The molecule has 1 fully saturated rings. The van der Waals surface area contributed by atoms with Crippen molar-refractivity contribution < 1.29 is 22.3 Å². The molecule has 156 valence electrons. The van der Waals surface area contributed by atoms with Crippen molar-refractivity contribution in [1.29, 1.82) is 0 Å². The van der Waals surface area contributed by atoms with Crippen molar-refractivity contribution in [2.24, 2.45) is 0 Å². The van der Waals surface area contributed by atoms with Crippen LogP contribution in [0, 0.1) is 5.82 Å². The highest BCUT2D eigenvalue weighted by Crippen LogP contribution is 2.16. The molecule has 9 heteroatoms. The molecule has 1 amide bonds. The average Bonchev–Trinajstić information content (AvgIpc) is 2.73. The molecule has 0 aliphatic carbocycles. The molecule has 0 aromatic heterocycles. The molecule has 0 spiro atoms. The Morgan fingerprint density at radius 2 is 1.76 bits per heavy atom. The summed E-state index contributed by atoms with van der Waals surface area (Å²) in [6.07, 6.45) is 0.704. The Hall–Kier alpha value is -2.33. The Morgan fingerprint density at radius 1 is 1.07 bits per heavy atom. The van der Waals surface area contributed by atoms with Gasteiger partial charge in [-0.15, -0.1) is 0 Å². The molecule has 3 rings (SSSR count). The predicted octanol–water partition coefficient (Wildman–Crippen LogP) is 2.08. The molecule has 1 saturated heterocycles. The van der Waals surface area contributed by atoms with E-state index < -0.39 is 21.7 Å². The highest BCUT2D eigenvalue weighted by Gasteiger charge is 2.15. The summed E-state index contributed by atoms with van der Waals surface area (Å²) in [6.45, 7) is 4.31. The van der Waals surface area contributed by atoms with Crippen LogP contribution in [0.25, 0.3) is 0 Å². The number of hydrogen-bond acceptors (Lipinski definition) is 5. The molecule has 2 N–H and O–H groups in total. The lowest BCUT2D eigenvalue weighted by Gasteiger charge is -2.26. The van der Waals surface area contributed by atoms with Gasteiger partial charge in [-0.1, -0.05) is 12.1 Å². The largest absolute Gasteiger partial charge is 0.379 e. The van der Waals surface area contributed by atoms with Gasteiger partial charge in [-0.3, -0.25) is 9.69 Å². The second-order valence-electron chi connectivity index (χ2n) is 6.66. The topological polar surface area (TPSA) is 87.7 Å². The molecule has 29 heavy (non-hydrogen) atoms. The van der Waals surface area contributed by atoms with E-state index in [-0.39, 0.29) is 10.5 Å². The Balaban J connectivity index is 1.51. The van der Waals surface area contributed by atoms with Crippen LogP contribution in [0.1, 0.15) is 16.8 Å². The van der Waals surface area contributed by atoms with Gasteiger partial charge in [0.25, 0.3) is 5.91 Å². The molecule has 2 aromatic rings. The first-order chi connectivity index (χ1) is 14.0. The number of benzene rings is 2. The third-order valence-corrected chi connectivity index (χ3v) is 6.06. The minimum absolute atomic E-state index is 0.0777. The first-order valence-electron chi connectivity index (χ1n) is 9.41. The number of morpholine rings is 1. The van der Waals surface area contributed by atoms with Crippen LogP contribution in [0.15, 0.2) is 53.4 Å². The minimum atomic E-state index is -3.63. The quantitative estimate of drug-likeness (QED) is 0.638. The zero-order valence-corrected chi connectivity index (χ0v) is 16.8. The smallest absolute Gasteiger partial charge is 0.258 e. The van der Waals surface area contributed by atoms with Gasteiger partial charge in [0, 0.05) is 25.3 Å². The van der Waals surface area contributed by atoms with Crippen molar-refractivity contribution in [2.45, 2.75) is 11.3 Å². The third kappa shape index (κ3) is 6.07. The zero-order valence-electron chi connectivity index (χ0n) is 15.9. The van der Waals surface area contributed by atoms with Gasteiger partial charge in [-0.25, -0.2) is 17.5 Å². The van der Waals surface area contributed by atoms with Crippen LogP contribution < -0.4 is 10.0 Å². The molecule has 0 saturated carbocycles. The predicted molar refractivity (Wildman–Crippen MR) is 108 cm³/mol. The van der Waals surface area contributed by atoms with Gasteiger partial charge in [0.15, 0.2) is 0 Å². The summed E-state index contributed by atoms with van der Waals surface area (Å²) in [4.78, 5) is 14.5. The summed E-state index contributed by atoms with van der Waals surface area (Å²) in [6, 6.07) is 11.4. The number of hydrogen-bond donors (Lipinski definition) is 2. The summed E-state index contributed by atoms with van der Waals surface area (Å²) < 4.78 is 46.3. The Morgan fingerprint density at radius 3 is 2.45 bits per heavy atom. The Labute approximate surface area is 169 Å². The maximum atomic E-state index is 13.7. The third-order valence-electron chi connectivity index (χ3n) is 4.59. The Kier molecular flexibility index (Phi) is 7.32. The Bertz CT molecular complexity index is 929. The molecular formula is C20H24FN3O4S. The first kappa shape index (κ1) is 21.4. The molecule has 2 aromatic carbocycles. The highest BCUT2D eigenvalue weighted by atomic mass is 32.2. The monoisotopic (exact) mass is 421 g/mol. The van der Waals surface area contributed by atoms with Gasteiger partial charge in [0.1, 0.15) is 5.82 Å². The van der Waals surface area contributed by atoms with Gasteiger partial charge in [0.2, 0.25) is 10.0 Å². The van der Waals surface area contributed by atoms with Gasteiger partial charge in [-0.05, 0) is 49.4 Å². The van der Waals surface area contributed by atoms with Crippen LogP contribution >= 0.6 is 0 Å². The number of nitrogens with zero attached hydrogens (tertiary/aromatic N) is 1. The summed E-state index contributed by atoms with van der Waals surface area (Å²) in [7, 11) is -3.63. The number of anilines is 1. The summed E-state index contributed by atoms with van der Waals surface area (Å²) >= 11 is 0. The van der Waals surface area contributed by atoms with E-state index in [2.05, 4.69) is 14.9 Å². The van der Waals surface area contributed by atoms with Crippen molar-refractivity contribution in [1.82, 2.24) is 9.62 Å². The van der Waals surface area contributed by atoms with Crippen molar-refractivity contribution in [3.63, 3.8) is 0 Å². The van der Waals surface area contributed by atoms with E-state index in [0.717, 1.165) is 19.6 Å². The average molecular weight is 421 g/mol. The second kappa shape index (κ2) is 9.93. The van der Waals surface area contributed by atoms with Crippen LogP contribution in [0.3, 0.4) is 0 Å². The molecule has 1 heterocycles. The van der Waals surface area contributed by atoms with Crippen molar-refractivity contribution in [3.8, 4) is 0 Å². The number of amides is 1. The van der Waals surface area contributed by atoms with Crippen molar-refractivity contribution in [3.05, 3.63) is 59.9 Å². The zero-order chi connectivity index (χ0) is 20.7. The van der Waals surface area contributed by atoms with E-state index >= 15 is 0 Å². The standard InChI is InChI=1S/C20H24FN3O4S/c21-19-5-2-1-4-18(19)20(25)23-16-6-8-17(9-7-16)29(26,27)22-10-3-11-24-12-14-28-15-13-24/h1-2,4-9,22H,3,10-15H2,(H,23,25). The number of nitrogens with one attached hydrogen (secondary N) is 2. The molecule has 7 nitrogen and oxygen atoms in total. The van der Waals surface area contributed by atoms with E-state index in [9.17, 15) is 17.6 Å². The van der Waals surface area contributed by atoms with Crippen LogP contribution in [-0.2, 0) is 14.8 Å². The number of ether oxygens (including phenoxy) is 1. The van der Waals surface area contributed by atoms with E-state index in [1.165, 1.54) is 42.5 Å². The highest BCUT2D eigenvalue weighted by molar-refractivity contribution is 7.89. The lowest BCUT2D eigenvalue weighted by Crippen LogP contribution is -2.38. The first-order valence-corrected chi connectivity index (χ1v) is 10.9. The number of carbonyl (C=O) groups is 1. The fourth-order valence-corrected chi connectivity index (χ4v) is 4.05. The fraction of sp³-hybridized carbons (Fsp3) is 0.350. The van der Waals surface area contributed by atoms with E-state index in [4.69, 9.17) is 4.74 Å². The maximum Gasteiger partial charge on any atom is 0.258 e. The van der Waals surface area contributed by atoms with Crippen molar-refractivity contribution in [2.75, 3.05) is 44.7 Å². The summed E-state index contributed by atoms with van der Waals surface area (Å²) in [5, 5.41) is 2.56. The van der Waals surface area contributed by atoms with Crippen LogP contribution in [-0.4, -0.2) is 58.6 Å². The molecule has 1 aliphatic heterocycles. The summed E-state index contributed by atoms with van der Waals surface area (Å²) in [5.74, 6) is -1.22. The number of halogens is 1. The van der Waals surface area contributed by atoms with Crippen molar-refractivity contribution >= 4 is 21.6 Å². The van der Waals surface area contributed by atoms with Crippen LogP contribution in [0.5, 0.6) is 0 Å². The van der Waals surface area contributed by atoms with E-state index in [1.807, 2.05) is 0 Å². The maximum absolute atomic E-state index is 13.7. The second-order valence-corrected chi connectivity index (χ2v) is 8.43. The lowest BCUT2D eigenvalue weighted by atomic mass is 10.2. The van der Waals surface area contributed by atoms with E-state index in [0.29, 0.717) is 31.9 Å². The van der Waals surface area contributed by atoms with Gasteiger partial charge >= 0.3 is 0 Å². The SMILES string of the molecule is O=C(Nc1ccc(S(=O)(=O)NCCCN2CCOCC2)cc1)c1ccccc1F. The van der Waals surface area contributed by atoms with Crippen LogP contribution in [0.4, 0.5) is 10.1 Å². The van der Waals surface area contributed by atoms with Gasteiger partial charge < -0.3 is 10.1 Å². The molecule has 0 atom stereocenters. The van der Waals surface area contributed by atoms with Gasteiger partial charge in [0.05, 0.1) is 23.7 Å². The minimum Gasteiger partial charge on any atom is -0.379 e. The number of carbonyl (C=O) groups excluding carboxylic acids is 1. The summed E-state index contributed by atoms with van der Waals surface area (Å²) in [5.41, 5.74) is 0.302.